The smallest absolute Gasteiger partial charge is 0.225 e. The van der Waals surface area contributed by atoms with Gasteiger partial charge in [0.2, 0.25) is 11.8 Å². The van der Waals surface area contributed by atoms with Gasteiger partial charge in [0.15, 0.2) is 0 Å². The van der Waals surface area contributed by atoms with Crippen molar-refractivity contribution in [3.05, 3.63) is 35.0 Å². The second-order valence-electron chi connectivity index (χ2n) is 3.86. The Labute approximate surface area is 111 Å². The van der Waals surface area contributed by atoms with Gasteiger partial charge in [0.25, 0.3) is 0 Å². The molecule has 0 spiro atoms. The van der Waals surface area contributed by atoms with Gasteiger partial charge < -0.3 is 10.2 Å². The molecule has 18 heavy (non-hydrogen) atoms. The zero-order valence-corrected chi connectivity index (χ0v) is 11.3. The van der Waals surface area contributed by atoms with Crippen LogP contribution < -0.4 is 5.32 Å². The predicted octanol–water partition coefficient (Wildman–Crippen LogP) is 1.44. The van der Waals surface area contributed by atoms with Gasteiger partial charge in [-0.2, -0.15) is 0 Å². The molecular weight excluding hydrogens is 248 g/mol. The summed E-state index contributed by atoms with van der Waals surface area (Å²) in [6.07, 6.45) is 2.08. The van der Waals surface area contributed by atoms with E-state index < -0.39 is 0 Å². The maximum atomic E-state index is 11.6. The fourth-order valence-electron chi connectivity index (χ4n) is 1.50. The third kappa shape index (κ3) is 5.14. The molecule has 2 amide bonds. The lowest BCUT2D eigenvalue weighted by molar-refractivity contribution is -0.129. The average Bonchev–Trinajstić information content (AvgIpc) is 2.80. The first-order valence-corrected chi connectivity index (χ1v) is 6.67. The Morgan fingerprint density at radius 2 is 2.33 bits per heavy atom. The summed E-state index contributed by atoms with van der Waals surface area (Å²) < 4.78 is 0. The summed E-state index contributed by atoms with van der Waals surface area (Å²) in [4.78, 5) is 25.5. The van der Waals surface area contributed by atoms with Gasteiger partial charge in [-0.1, -0.05) is 12.1 Å². The average molecular weight is 266 g/mol. The SMILES string of the molecule is C=CCN(CCNC(=O)Cc1cccs1)C(C)=O. The molecule has 98 valence electrons. The van der Waals surface area contributed by atoms with Gasteiger partial charge in [0.1, 0.15) is 0 Å². The lowest BCUT2D eigenvalue weighted by Gasteiger charge is -2.19. The van der Waals surface area contributed by atoms with Crippen LogP contribution in [-0.2, 0) is 16.0 Å². The van der Waals surface area contributed by atoms with Crippen molar-refractivity contribution >= 4 is 23.2 Å². The molecule has 1 aromatic heterocycles. The minimum atomic E-state index is -0.0143. The molecule has 1 N–H and O–H groups in total. The van der Waals surface area contributed by atoms with E-state index in [-0.39, 0.29) is 11.8 Å². The molecule has 0 bridgehead atoms. The Bertz CT molecular complexity index is 401. The van der Waals surface area contributed by atoms with E-state index in [1.165, 1.54) is 6.92 Å². The molecule has 0 radical (unpaired) electrons. The zero-order valence-electron chi connectivity index (χ0n) is 10.5. The molecule has 0 aliphatic carbocycles. The normalized spacial score (nSPS) is 9.83. The number of carbonyl (C=O) groups excluding carboxylic acids is 2. The number of nitrogens with one attached hydrogen (secondary N) is 1. The minimum absolute atomic E-state index is 0.0117. The molecule has 0 atom stereocenters. The van der Waals surface area contributed by atoms with Gasteiger partial charge >= 0.3 is 0 Å². The van der Waals surface area contributed by atoms with Crippen LogP contribution in [0.3, 0.4) is 0 Å². The molecule has 1 heterocycles. The highest BCUT2D eigenvalue weighted by molar-refractivity contribution is 7.10. The van der Waals surface area contributed by atoms with Crippen molar-refractivity contribution in [2.45, 2.75) is 13.3 Å². The Hall–Kier alpha value is -1.62. The number of amides is 2. The van der Waals surface area contributed by atoms with Crippen LogP contribution in [0.2, 0.25) is 0 Å². The van der Waals surface area contributed by atoms with E-state index in [4.69, 9.17) is 0 Å². The minimum Gasteiger partial charge on any atom is -0.354 e. The summed E-state index contributed by atoms with van der Waals surface area (Å²) in [6.45, 7) is 6.60. The predicted molar refractivity (Wildman–Crippen MR) is 73.5 cm³/mol. The number of rotatable bonds is 7. The number of thiophene rings is 1. The topological polar surface area (TPSA) is 49.4 Å². The molecule has 0 saturated heterocycles. The Morgan fingerprint density at radius 3 is 2.89 bits per heavy atom. The van der Waals surface area contributed by atoms with Crippen molar-refractivity contribution in [1.82, 2.24) is 10.2 Å². The number of carbonyl (C=O) groups is 2. The number of hydrogen-bond donors (Lipinski definition) is 1. The van der Waals surface area contributed by atoms with Crippen LogP contribution in [0.1, 0.15) is 11.8 Å². The van der Waals surface area contributed by atoms with Crippen LogP contribution in [0.5, 0.6) is 0 Å². The van der Waals surface area contributed by atoms with E-state index in [0.717, 1.165) is 4.88 Å². The molecule has 1 rings (SSSR count). The summed E-state index contributed by atoms with van der Waals surface area (Å²) >= 11 is 1.57. The Balaban J connectivity index is 2.25. The number of hydrogen-bond acceptors (Lipinski definition) is 3. The first kappa shape index (κ1) is 14.4. The third-order valence-electron chi connectivity index (χ3n) is 2.41. The maximum Gasteiger partial charge on any atom is 0.225 e. The van der Waals surface area contributed by atoms with Crippen LogP contribution in [0, 0.1) is 0 Å². The van der Waals surface area contributed by atoms with Gasteiger partial charge in [-0.15, -0.1) is 17.9 Å². The quantitative estimate of drug-likeness (QED) is 0.759. The van der Waals surface area contributed by atoms with E-state index in [1.807, 2.05) is 17.5 Å². The second kappa shape index (κ2) is 7.66. The van der Waals surface area contributed by atoms with Crippen LogP contribution in [-0.4, -0.2) is 36.3 Å². The summed E-state index contributed by atoms with van der Waals surface area (Å²) in [5.74, 6) is -0.0260. The van der Waals surface area contributed by atoms with E-state index in [2.05, 4.69) is 11.9 Å². The zero-order chi connectivity index (χ0) is 13.4. The second-order valence-corrected chi connectivity index (χ2v) is 4.89. The summed E-state index contributed by atoms with van der Waals surface area (Å²) in [5.41, 5.74) is 0. The highest BCUT2D eigenvalue weighted by Crippen LogP contribution is 2.08. The molecular formula is C13H18N2O2S. The highest BCUT2D eigenvalue weighted by atomic mass is 32.1. The first-order valence-electron chi connectivity index (χ1n) is 5.79. The van der Waals surface area contributed by atoms with Crippen LogP contribution in [0.15, 0.2) is 30.2 Å². The van der Waals surface area contributed by atoms with Crippen molar-refractivity contribution < 1.29 is 9.59 Å². The van der Waals surface area contributed by atoms with Gasteiger partial charge in [0.05, 0.1) is 6.42 Å². The lowest BCUT2D eigenvalue weighted by Crippen LogP contribution is -2.37. The van der Waals surface area contributed by atoms with Crippen molar-refractivity contribution in [2.24, 2.45) is 0 Å². The largest absolute Gasteiger partial charge is 0.354 e. The van der Waals surface area contributed by atoms with Crippen LogP contribution in [0.25, 0.3) is 0 Å². The Kier molecular flexibility index (Phi) is 6.14. The lowest BCUT2D eigenvalue weighted by atomic mass is 10.3. The van der Waals surface area contributed by atoms with E-state index in [0.29, 0.717) is 26.1 Å². The molecule has 4 nitrogen and oxygen atoms in total. The van der Waals surface area contributed by atoms with Gasteiger partial charge in [0, 0.05) is 31.4 Å². The van der Waals surface area contributed by atoms with Crippen molar-refractivity contribution in [3.8, 4) is 0 Å². The highest BCUT2D eigenvalue weighted by Gasteiger charge is 2.07. The fourth-order valence-corrected chi connectivity index (χ4v) is 2.20. The summed E-state index contributed by atoms with van der Waals surface area (Å²) in [5, 5.41) is 4.75. The molecule has 0 saturated carbocycles. The van der Waals surface area contributed by atoms with Crippen molar-refractivity contribution in [1.29, 1.82) is 0 Å². The van der Waals surface area contributed by atoms with Gasteiger partial charge in [-0.05, 0) is 11.4 Å². The first-order chi connectivity index (χ1) is 8.63. The van der Waals surface area contributed by atoms with Crippen molar-refractivity contribution in [3.63, 3.8) is 0 Å². The summed E-state index contributed by atoms with van der Waals surface area (Å²) in [7, 11) is 0. The molecule has 0 aromatic carbocycles. The molecule has 0 unspecified atom stereocenters. The molecule has 0 aliphatic heterocycles. The summed E-state index contributed by atoms with van der Waals surface area (Å²) in [6, 6.07) is 3.86. The van der Waals surface area contributed by atoms with E-state index >= 15 is 0 Å². The van der Waals surface area contributed by atoms with Crippen molar-refractivity contribution in [2.75, 3.05) is 19.6 Å². The molecule has 1 aromatic rings. The molecule has 0 fully saturated rings. The monoisotopic (exact) mass is 266 g/mol. The maximum absolute atomic E-state index is 11.6. The standard InChI is InChI=1S/C13H18N2O2S/c1-3-7-15(11(2)16)8-6-14-13(17)10-12-5-4-9-18-12/h3-5,9H,1,6-8,10H2,2H3,(H,14,17). The molecule has 0 aliphatic rings. The van der Waals surface area contributed by atoms with Gasteiger partial charge in [-0.25, -0.2) is 0 Å². The fraction of sp³-hybridized carbons (Fsp3) is 0.385. The van der Waals surface area contributed by atoms with E-state index in [1.54, 1.807) is 22.3 Å². The van der Waals surface area contributed by atoms with Gasteiger partial charge in [-0.3, -0.25) is 9.59 Å². The van der Waals surface area contributed by atoms with Crippen LogP contribution in [0.4, 0.5) is 0 Å². The molecule has 5 heteroatoms. The third-order valence-corrected chi connectivity index (χ3v) is 3.29. The Morgan fingerprint density at radius 1 is 1.56 bits per heavy atom. The van der Waals surface area contributed by atoms with Crippen LogP contribution >= 0.6 is 11.3 Å². The van der Waals surface area contributed by atoms with E-state index in [9.17, 15) is 9.59 Å². The number of nitrogens with zero attached hydrogens (tertiary/aromatic N) is 1.